The number of carbonyl (C=O) groups excluding carboxylic acids is 1. The Kier molecular flexibility index (Phi) is 2.69. The van der Waals surface area contributed by atoms with Crippen LogP contribution in [0.25, 0.3) is 0 Å². The number of nitrogens with zero attached hydrogens (tertiary/aromatic N) is 2. The average molecular weight is 194 g/mol. The Morgan fingerprint density at radius 3 is 3.07 bits per heavy atom. The molecule has 0 radical (unpaired) electrons. The lowest BCUT2D eigenvalue weighted by Gasteiger charge is -2.19. The molecule has 2 heterocycles. The molecule has 2 fully saturated rings. The van der Waals surface area contributed by atoms with Gasteiger partial charge in [-0.25, -0.2) is 0 Å². The van der Waals surface area contributed by atoms with Crippen LogP contribution in [0.15, 0.2) is 0 Å². The smallest absolute Gasteiger partial charge is 0.224 e. The van der Waals surface area contributed by atoms with Gasteiger partial charge in [-0.15, -0.1) is 0 Å². The number of amides is 1. The summed E-state index contributed by atoms with van der Waals surface area (Å²) in [5.41, 5.74) is 0. The molecule has 0 spiro atoms. The summed E-state index contributed by atoms with van der Waals surface area (Å²) in [6.45, 7) is 2.08. The molecule has 14 heavy (non-hydrogen) atoms. The van der Waals surface area contributed by atoms with Crippen molar-refractivity contribution in [3.63, 3.8) is 0 Å². The van der Waals surface area contributed by atoms with Crippen LogP contribution in [0, 0.1) is 17.2 Å². The lowest BCUT2D eigenvalue weighted by Crippen LogP contribution is -2.33. The van der Waals surface area contributed by atoms with Gasteiger partial charge >= 0.3 is 0 Å². The van der Waals surface area contributed by atoms with Crippen molar-refractivity contribution in [2.24, 2.45) is 5.92 Å². The average Bonchev–Trinajstić information content (AvgIpc) is 2.78. The first-order valence-corrected chi connectivity index (χ1v) is 5.08. The van der Waals surface area contributed by atoms with E-state index in [0.717, 1.165) is 19.4 Å². The van der Waals surface area contributed by atoms with Gasteiger partial charge in [-0.05, 0) is 12.8 Å². The monoisotopic (exact) mass is 194 g/mol. The molecular formula is C10H14N2O2. The second-order valence-electron chi connectivity index (χ2n) is 3.96. The number of nitriles is 1. The van der Waals surface area contributed by atoms with Crippen LogP contribution in [0.3, 0.4) is 0 Å². The molecule has 0 aromatic rings. The molecule has 0 aromatic heterocycles. The normalized spacial score (nSPS) is 32.2. The Hall–Kier alpha value is -1.08. The zero-order chi connectivity index (χ0) is 9.97. The maximum atomic E-state index is 11.5. The molecule has 2 unspecified atom stereocenters. The third-order valence-corrected chi connectivity index (χ3v) is 2.85. The largest absolute Gasteiger partial charge is 0.376 e. The van der Waals surface area contributed by atoms with Crippen LogP contribution in [0.5, 0.6) is 0 Å². The fraction of sp³-hybridized carbons (Fsp3) is 0.800. The molecule has 4 nitrogen and oxygen atoms in total. The van der Waals surface area contributed by atoms with Crippen molar-refractivity contribution in [2.75, 3.05) is 19.7 Å². The minimum Gasteiger partial charge on any atom is -0.376 e. The van der Waals surface area contributed by atoms with E-state index in [1.165, 1.54) is 0 Å². The predicted molar refractivity (Wildman–Crippen MR) is 49.3 cm³/mol. The minimum absolute atomic E-state index is 0.104. The maximum Gasteiger partial charge on any atom is 0.224 e. The highest BCUT2D eigenvalue weighted by Crippen LogP contribution is 2.20. The molecule has 2 atom stereocenters. The molecule has 0 bridgehead atoms. The van der Waals surface area contributed by atoms with Crippen LogP contribution in [0.1, 0.15) is 19.3 Å². The van der Waals surface area contributed by atoms with E-state index >= 15 is 0 Å². The van der Waals surface area contributed by atoms with Crippen LogP contribution >= 0.6 is 0 Å². The van der Waals surface area contributed by atoms with Crippen molar-refractivity contribution < 1.29 is 9.53 Å². The van der Waals surface area contributed by atoms with E-state index in [4.69, 9.17) is 10.00 Å². The van der Waals surface area contributed by atoms with Crippen molar-refractivity contribution in [1.82, 2.24) is 4.90 Å². The number of hydrogen-bond donors (Lipinski definition) is 0. The highest BCUT2D eigenvalue weighted by molar-refractivity contribution is 5.79. The van der Waals surface area contributed by atoms with Gasteiger partial charge < -0.3 is 9.64 Å². The number of carbonyl (C=O) groups is 1. The summed E-state index contributed by atoms with van der Waals surface area (Å²) in [7, 11) is 0. The summed E-state index contributed by atoms with van der Waals surface area (Å²) in [6.07, 6.45) is 2.73. The van der Waals surface area contributed by atoms with Crippen molar-refractivity contribution in [1.29, 1.82) is 5.26 Å². The van der Waals surface area contributed by atoms with Gasteiger partial charge in [-0.2, -0.15) is 5.26 Å². The summed E-state index contributed by atoms with van der Waals surface area (Å²) in [5, 5.41) is 8.70. The molecule has 2 saturated heterocycles. The first-order valence-electron chi connectivity index (χ1n) is 5.08. The van der Waals surface area contributed by atoms with Crippen molar-refractivity contribution in [2.45, 2.75) is 25.4 Å². The minimum atomic E-state index is -0.107. The molecule has 2 aliphatic heterocycles. The molecule has 76 valence electrons. The highest BCUT2D eigenvalue weighted by atomic mass is 16.5. The maximum absolute atomic E-state index is 11.5. The fourth-order valence-corrected chi connectivity index (χ4v) is 2.07. The fourth-order valence-electron chi connectivity index (χ4n) is 2.07. The highest BCUT2D eigenvalue weighted by Gasteiger charge is 2.31. The lowest BCUT2D eigenvalue weighted by molar-refractivity contribution is -0.129. The standard InChI is InChI=1S/C10H14N2O2/c11-5-8-4-10(13)12(6-8)7-9-2-1-3-14-9/h8-9H,1-4,6-7H2. The van der Waals surface area contributed by atoms with Gasteiger partial charge in [0.25, 0.3) is 0 Å². The Bertz CT molecular complexity index is 266. The van der Waals surface area contributed by atoms with Gasteiger partial charge in [0.1, 0.15) is 0 Å². The topological polar surface area (TPSA) is 53.3 Å². The third-order valence-electron chi connectivity index (χ3n) is 2.85. The lowest BCUT2D eigenvalue weighted by atomic mass is 10.1. The Labute approximate surface area is 83.4 Å². The first-order chi connectivity index (χ1) is 6.79. The summed E-state index contributed by atoms with van der Waals surface area (Å²) < 4.78 is 5.46. The van der Waals surface area contributed by atoms with E-state index in [1.807, 2.05) is 0 Å². The number of hydrogen-bond acceptors (Lipinski definition) is 3. The molecule has 4 heteroatoms. The van der Waals surface area contributed by atoms with E-state index in [-0.39, 0.29) is 17.9 Å². The quantitative estimate of drug-likeness (QED) is 0.644. The third kappa shape index (κ3) is 1.88. The summed E-state index contributed by atoms with van der Waals surface area (Å²) in [4.78, 5) is 13.2. The van der Waals surface area contributed by atoms with E-state index in [0.29, 0.717) is 19.5 Å². The van der Waals surface area contributed by atoms with Gasteiger partial charge in [-0.1, -0.05) is 0 Å². The van der Waals surface area contributed by atoms with Crippen LogP contribution < -0.4 is 0 Å². The van der Waals surface area contributed by atoms with Gasteiger partial charge in [0, 0.05) is 26.1 Å². The summed E-state index contributed by atoms with van der Waals surface area (Å²) >= 11 is 0. The predicted octanol–water partition coefficient (Wildman–Crippen LogP) is 0.537. The molecular weight excluding hydrogens is 180 g/mol. The zero-order valence-corrected chi connectivity index (χ0v) is 8.11. The van der Waals surface area contributed by atoms with Crippen molar-refractivity contribution in [3.8, 4) is 6.07 Å². The Morgan fingerprint density at radius 1 is 1.64 bits per heavy atom. The van der Waals surface area contributed by atoms with Crippen LogP contribution in [-0.4, -0.2) is 36.6 Å². The van der Waals surface area contributed by atoms with Gasteiger partial charge in [0.05, 0.1) is 18.1 Å². The van der Waals surface area contributed by atoms with Crippen LogP contribution in [-0.2, 0) is 9.53 Å². The van der Waals surface area contributed by atoms with Crippen molar-refractivity contribution >= 4 is 5.91 Å². The molecule has 0 aliphatic carbocycles. The summed E-state index contributed by atoms with van der Waals surface area (Å²) in [6, 6.07) is 2.15. The van der Waals surface area contributed by atoms with Crippen molar-refractivity contribution in [3.05, 3.63) is 0 Å². The second-order valence-corrected chi connectivity index (χ2v) is 3.96. The summed E-state index contributed by atoms with van der Waals surface area (Å²) in [5.74, 6) is -0.00375. The molecule has 2 rings (SSSR count). The van der Waals surface area contributed by atoms with E-state index in [2.05, 4.69) is 6.07 Å². The van der Waals surface area contributed by atoms with Crippen LogP contribution in [0.4, 0.5) is 0 Å². The van der Waals surface area contributed by atoms with E-state index in [1.54, 1.807) is 4.90 Å². The Balaban J connectivity index is 1.86. The zero-order valence-electron chi connectivity index (χ0n) is 8.11. The van der Waals surface area contributed by atoms with E-state index < -0.39 is 0 Å². The second kappa shape index (κ2) is 3.97. The van der Waals surface area contributed by atoms with Crippen LogP contribution in [0.2, 0.25) is 0 Å². The Morgan fingerprint density at radius 2 is 2.50 bits per heavy atom. The SMILES string of the molecule is N#CC1CC(=O)N(CC2CCCO2)C1. The number of rotatable bonds is 2. The van der Waals surface area contributed by atoms with E-state index in [9.17, 15) is 4.79 Å². The van der Waals surface area contributed by atoms with Gasteiger partial charge in [0.15, 0.2) is 0 Å². The molecule has 0 N–H and O–H groups in total. The molecule has 2 aliphatic rings. The molecule has 1 amide bonds. The number of likely N-dealkylation sites (tertiary alicyclic amines) is 1. The molecule has 0 saturated carbocycles. The van der Waals surface area contributed by atoms with Gasteiger partial charge in [0.2, 0.25) is 5.91 Å². The first kappa shape index (κ1) is 9.47. The number of ether oxygens (including phenoxy) is 1. The molecule has 0 aromatic carbocycles. The van der Waals surface area contributed by atoms with Gasteiger partial charge in [-0.3, -0.25) is 4.79 Å².